The van der Waals surface area contributed by atoms with Crippen molar-refractivity contribution in [3.63, 3.8) is 0 Å². The number of thiophene rings is 1. The summed E-state index contributed by atoms with van der Waals surface area (Å²) in [5.74, 6) is 0.979. The van der Waals surface area contributed by atoms with Crippen LogP contribution in [0.1, 0.15) is 37.4 Å². The fourth-order valence-electron chi connectivity index (χ4n) is 2.90. The Balaban J connectivity index is 2.02. The summed E-state index contributed by atoms with van der Waals surface area (Å²) in [5.41, 5.74) is 8.25. The Morgan fingerprint density at radius 3 is 2.76 bits per heavy atom. The van der Waals surface area contributed by atoms with E-state index in [1.165, 1.54) is 16.0 Å². The minimum absolute atomic E-state index is 0.240. The van der Waals surface area contributed by atoms with Crippen LogP contribution in [0.2, 0.25) is 0 Å². The molecule has 0 fully saturated rings. The molecule has 3 aromatic heterocycles. The van der Waals surface area contributed by atoms with Crippen LogP contribution >= 0.6 is 22.7 Å². The second-order valence-corrected chi connectivity index (χ2v) is 7.90. The highest BCUT2D eigenvalue weighted by Crippen LogP contribution is 2.39. The predicted octanol–water partition coefficient (Wildman–Crippen LogP) is 5.56. The smallest absolute Gasteiger partial charge is 0.125 e. The second-order valence-electron chi connectivity index (χ2n) is 6.12. The van der Waals surface area contributed by atoms with Crippen molar-refractivity contribution >= 4 is 22.7 Å². The average molecular weight is 373 g/mol. The average Bonchev–Trinajstić information content (AvgIpc) is 3.27. The van der Waals surface area contributed by atoms with Gasteiger partial charge >= 0.3 is 0 Å². The standard InChI is InChI=1S/C19H24N4S2/c1-6-7-8-12(2)22-23-15(5)21-14(4)17(23)18-13(3)16(11-25-18)19-20-9-10-24-19/h7-12,22H,6H2,1-5H3/b8-7+. The van der Waals surface area contributed by atoms with Crippen molar-refractivity contribution in [1.29, 1.82) is 0 Å². The van der Waals surface area contributed by atoms with E-state index in [0.29, 0.717) is 0 Å². The Labute approximate surface area is 157 Å². The molecule has 1 atom stereocenters. The minimum atomic E-state index is 0.240. The lowest BCUT2D eigenvalue weighted by molar-refractivity contribution is 0.761. The van der Waals surface area contributed by atoms with Gasteiger partial charge in [0.1, 0.15) is 16.5 Å². The number of hydrogen-bond donors (Lipinski definition) is 1. The number of imidazole rings is 1. The van der Waals surface area contributed by atoms with Crippen molar-refractivity contribution in [1.82, 2.24) is 14.6 Å². The van der Waals surface area contributed by atoms with Crippen LogP contribution in [0.15, 0.2) is 29.1 Å². The van der Waals surface area contributed by atoms with E-state index in [-0.39, 0.29) is 6.04 Å². The topological polar surface area (TPSA) is 42.7 Å². The van der Waals surface area contributed by atoms with Crippen molar-refractivity contribution < 1.29 is 0 Å². The zero-order chi connectivity index (χ0) is 18.0. The van der Waals surface area contributed by atoms with Gasteiger partial charge in [-0.1, -0.05) is 19.1 Å². The minimum Gasteiger partial charge on any atom is -0.317 e. The van der Waals surface area contributed by atoms with Crippen molar-refractivity contribution in [2.24, 2.45) is 0 Å². The van der Waals surface area contributed by atoms with Crippen LogP contribution in [-0.2, 0) is 0 Å². The molecule has 25 heavy (non-hydrogen) atoms. The number of rotatable bonds is 6. The maximum atomic E-state index is 4.70. The van der Waals surface area contributed by atoms with Gasteiger partial charge in [0, 0.05) is 22.5 Å². The Bertz CT molecular complexity index is 872. The van der Waals surface area contributed by atoms with E-state index in [0.717, 1.165) is 28.6 Å². The predicted molar refractivity (Wildman–Crippen MR) is 109 cm³/mol. The van der Waals surface area contributed by atoms with E-state index in [1.807, 2.05) is 18.5 Å². The molecule has 6 heteroatoms. The van der Waals surface area contributed by atoms with Crippen molar-refractivity contribution in [2.75, 3.05) is 5.43 Å². The molecule has 0 radical (unpaired) electrons. The van der Waals surface area contributed by atoms with Gasteiger partial charge < -0.3 is 5.43 Å². The van der Waals surface area contributed by atoms with Crippen LogP contribution < -0.4 is 5.43 Å². The second kappa shape index (κ2) is 7.54. The molecular formula is C19H24N4S2. The first-order chi connectivity index (χ1) is 12.0. The van der Waals surface area contributed by atoms with Crippen LogP contribution in [0.5, 0.6) is 0 Å². The van der Waals surface area contributed by atoms with E-state index < -0.39 is 0 Å². The van der Waals surface area contributed by atoms with Gasteiger partial charge in [-0.15, -0.1) is 22.7 Å². The molecule has 0 saturated heterocycles. The third kappa shape index (κ3) is 3.55. The van der Waals surface area contributed by atoms with Crippen molar-refractivity contribution in [3.8, 4) is 21.1 Å². The molecule has 4 nitrogen and oxygen atoms in total. The first-order valence-corrected chi connectivity index (χ1v) is 10.3. The largest absolute Gasteiger partial charge is 0.317 e. The van der Waals surface area contributed by atoms with Crippen LogP contribution in [0.3, 0.4) is 0 Å². The zero-order valence-corrected chi connectivity index (χ0v) is 17.0. The van der Waals surface area contributed by atoms with Crippen LogP contribution in [0, 0.1) is 20.8 Å². The van der Waals surface area contributed by atoms with Gasteiger partial charge in [0.2, 0.25) is 0 Å². The first-order valence-electron chi connectivity index (χ1n) is 8.50. The van der Waals surface area contributed by atoms with Gasteiger partial charge in [-0.05, 0) is 39.7 Å². The fraction of sp³-hybridized carbons (Fsp3) is 0.368. The van der Waals surface area contributed by atoms with Gasteiger partial charge in [-0.25, -0.2) is 14.6 Å². The third-order valence-electron chi connectivity index (χ3n) is 4.13. The Kier molecular flexibility index (Phi) is 5.39. The maximum Gasteiger partial charge on any atom is 0.125 e. The Morgan fingerprint density at radius 1 is 1.28 bits per heavy atom. The molecule has 0 aromatic carbocycles. The van der Waals surface area contributed by atoms with Gasteiger partial charge in [0.05, 0.1) is 16.6 Å². The van der Waals surface area contributed by atoms with E-state index in [4.69, 9.17) is 4.98 Å². The van der Waals surface area contributed by atoms with Crippen molar-refractivity contribution in [3.05, 3.63) is 46.2 Å². The molecule has 1 unspecified atom stereocenters. The monoisotopic (exact) mass is 372 g/mol. The Hall–Kier alpha value is -1.92. The van der Waals surface area contributed by atoms with E-state index in [9.17, 15) is 0 Å². The lowest BCUT2D eigenvalue weighted by Gasteiger charge is -2.17. The van der Waals surface area contributed by atoms with Gasteiger partial charge in [-0.2, -0.15) is 0 Å². The number of hydrogen-bond acceptors (Lipinski definition) is 5. The quantitative estimate of drug-likeness (QED) is 0.576. The van der Waals surface area contributed by atoms with Crippen molar-refractivity contribution in [2.45, 2.75) is 47.1 Å². The van der Waals surface area contributed by atoms with E-state index >= 15 is 0 Å². The summed E-state index contributed by atoms with van der Waals surface area (Å²) in [6, 6.07) is 0.240. The number of aryl methyl sites for hydroxylation is 2. The summed E-state index contributed by atoms with van der Waals surface area (Å²) in [4.78, 5) is 10.4. The molecule has 0 aliphatic rings. The molecule has 132 valence electrons. The molecule has 0 aliphatic carbocycles. The molecule has 0 amide bonds. The van der Waals surface area contributed by atoms with Gasteiger partial charge in [0.25, 0.3) is 0 Å². The summed E-state index contributed by atoms with van der Waals surface area (Å²) < 4.78 is 2.13. The fourth-order valence-corrected chi connectivity index (χ4v) is 4.84. The first kappa shape index (κ1) is 17.9. The van der Waals surface area contributed by atoms with Gasteiger partial charge in [0.15, 0.2) is 0 Å². The highest BCUT2D eigenvalue weighted by Gasteiger charge is 2.20. The van der Waals surface area contributed by atoms with E-state index in [1.54, 1.807) is 22.7 Å². The van der Waals surface area contributed by atoms with Crippen LogP contribution in [0.25, 0.3) is 21.1 Å². The number of nitrogens with one attached hydrogen (secondary N) is 1. The number of thiazole rings is 1. The maximum absolute atomic E-state index is 4.70. The molecule has 0 aliphatic heterocycles. The number of allylic oxidation sites excluding steroid dienone is 1. The lowest BCUT2D eigenvalue weighted by atomic mass is 10.1. The zero-order valence-electron chi connectivity index (χ0n) is 15.3. The van der Waals surface area contributed by atoms with Crippen LogP contribution in [-0.4, -0.2) is 20.7 Å². The molecule has 3 heterocycles. The molecule has 3 rings (SSSR count). The summed E-state index contributed by atoms with van der Waals surface area (Å²) in [6.07, 6.45) is 7.29. The molecule has 3 aromatic rings. The summed E-state index contributed by atoms with van der Waals surface area (Å²) in [5, 5.41) is 5.30. The third-order valence-corrected chi connectivity index (χ3v) is 6.02. The number of nitrogens with zero attached hydrogens (tertiary/aromatic N) is 3. The normalized spacial score (nSPS) is 12.8. The van der Waals surface area contributed by atoms with Crippen LogP contribution in [0.4, 0.5) is 0 Å². The SMILES string of the molecule is CC/C=C/C(C)Nn1c(C)nc(C)c1-c1scc(-c2nccs2)c1C. The molecule has 0 spiro atoms. The highest BCUT2D eigenvalue weighted by atomic mass is 32.1. The Morgan fingerprint density at radius 2 is 2.08 bits per heavy atom. The van der Waals surface area contributed by atoms with E-state index in [2.05, 4.69) is 60.3 Å². The number of aromatic nitrogens is 3. The molecule has 1 N–H and O–H groups in total. The summed E-state index contributed by atoms with van der Waals surface area (Å²) >= 11 is 3.44. The molecule has 0 bridgehead atoms. The highest BCUT2D eigenvalue weighted by molar-refractivity contribution is 7.16. The molecular weight excluding hydrogens is 348 g/mol. The molecule has 0 saturated carbocycles. The summed E-state index contributed by atoms with van der Waals surface area (Å²) in [7, 11) is 0. The van der Waals surface area contributed by atoms with Gasteiger partial charge in [-0.3, -0.25) is 0 Å². The lowest BCUT2D eigenvalue weighted by Crippen LogP contribution is -2.25. The summed E-state index contributed by atoms with van der Waals surface area (Å²) in [6.45, 7) is 10.6.